The maximum absolute atomic E-state index is 16.5. The Morgan fingerprint density at radius 3 is 1.52 bits per heavy atom. The molecule has 1 saturated heterocycles. The average Bonchev–Trinajstić information content (AvgIpc) is 0.924. The van der Waals surface area contributed by atoms with Gasteiger partial charge in [-0.05, 0) is 210 Å². The van der Waals surface area contributed by atoms with Gasteiger partial charge in [0.25, 0.3) is 0 Å². The third-order valence-electron chi connectivity index (χ3n) is 21.2. The number of phenolic OH excluding ortho intramolecular Hbond substituents is 1. The number of hydrogen-bond donors (Lipinski definition) is 6. The number of Topliss-reactive ketones (excluding diaryl/α,β-unsaturated/α-hetero) is 4. The molecular weight excluding hydrogens is 1560 g/mol. The first kappa shape index (κ1) is 97.9. The normalized spacial score (nSPS) is 16.3. The Balaban J connectivity index is 1.20. The van der Waals surface area contributed by atoms with E-state index in [0.29, 0.717) is 17.1 Å². The molecule has 0 saturated carbocycles. The van der Waals surface area contributed by atoms with Gasteiger partial charge in [0, 0.05) is 80.5 Å². The van der Waals surface area contributed by atoms with E-state index in [9.17, 15) is 33.9 Å². The van der Waals surface area contributed by atoms with Gasteiger partial charge in [-0.2, -0.15) is 0 Å². The second-order valence-corrected chi connectivity index (χ2v) is 38.3. The molecule has 0 bridgehead atoms. The first-order valence-electron chi connectivity index (χ1n) is 42.4. The van der Waals surface area contributed by atoms with Crippen molar-refractivity contribution in [2.24, 2.45) is 41.2 Å². The van der Waals surface area contributed by atoms with Crippen molar-refractivity contribution in [3.63, 3.8) is 0 Å². The molecular formula is C97H131ClN6O15S. The Hall–Kier alpha value is -9.22. The largest absolute Gasteiger partial charge is 0.506 e. The molecule has 1 fully saturated rings. The molecule has 0 aromatic heterocycles. The van der Waals surface area contributed by atoms with E-state index in [1.165, 1.54) is 28.8 Å². The fourth-order valence-corrected chi connectivity index (χ4v) is 16.8. The third kappa shape index (κ3) is 31.0. The summed E-state index contributed by atoms with van der Waals surface area (Å²) >= 11 is 7.89. The number of phenols is 1. The lowest BCUT2D eigenvalue weighted by Crippen LogP contribution is -2.55. The lowest BCUT2D eigenvalue weighted by molar-refractivity contribution is -0.155. The zero-order chi connectivity index (χ0) is 88.6. The van der Waals surface area contributed by atoms with Crippen LogP contribution in [0.2, 0.25) is 5.02 Å². The predicted octanol–water partition coefficient (Wildman–Crippen LogP) is 15.8. The standard InChI is InChI=1S/C97H131ClN6O15S/c1-19-62(5)63(6)101-90(113)70(49-64-36-42-75(43-37-64)116-93(7,8)9)55-85(108)80(20-2)102-91(114)68(48-61(3)4)53-74(105)58-100-88(111)69(50-66-40-46-83(106)78(98)51-66)56-86(109)82-57-77(118-95(13,14)15)59-104(82)92(115)81(60-120-97(71-30-24-21-25-31-71,72-32-26-22-27-33-72)73-34-28-23-29-35-73)103-89(112)67(41-47-87(110)119-96(16,17)18)54-84(107)79(99)52-65-38-44-76(45-39-65)117-94(10,11)12/h21-40,42-46,51,61-63,67-70,77,79-82,106H,19-20,41,47-50,52-60,99H2,1-18H3,(H,100,111)(H,101,113)(H,102,114)(H,103,112)/t62?,63-,67+,68-,69-,70?,77-,79+,80+,81+,82+/m1/s1. The molecule has 652 valence electrons. The highest BCUT2D eigenvalue weighted by Gasteiger charge is 2.47. The number of esters is 1. The number of likely N-dealkylation sites (tertiary alicyclic amines) is 1. The lowest BCUT2D eigenvalue weighted by atomic mass is 9.84. The molecule has 21 nitrogen and oxygen atoms in total. The number of halogens is 1. The second kappa shape index (κ2) is 44.5. The third-order valence-corrected chi connectivity index (χ3v) is 23.2. The van der Waals surface area contributed by atoms with E-state index in [4.69, 9.17) is 36.3 Å². The maximum atomic E-state index is 16.5. The van der Waals surface area contributed by atoms with Crippen molar-refractivity contribution in [3.8, 4) is 17.2 Å². The van der Waals surface area contributed by atoms with Gasteiger partial charge >= 0.3 is 5.97 Å². The van der Waals surface area contributed by atoms with Gasteiger partial charge in [-0.15, -0.1) is 11.8 Å². The van der Waals surface area contributed by atoms with Gasteiger partial charge in [0.05, 0.1) is 46.1 Å². The molecule has 11 atom stereocenters. The summed E-state index contributed by atoms with van der Waals surface area (Å²) in [5.74, 6) is -8.69. The van der Waals surface area contributed by atoms with E-state index >= 15 is 19.2 Å². The van der Waals surface area contributed by atoms with E-state index < -0.39 is 147 Å². The molecule has 6 aromatic rings. The smallest absolute Gasteiger partial charge is 0.306 e. The fraction of sp³-hybridized carbons (Fsp3) is 0.526. The van der Waals surface area contributed by atoms with E-state index in [-0.39, 0.29) is 117 Å². The first-order valence-corrected chi connectivity index (χ1v) is 43.8. The lowest BCUT2D eigenvalue weighted by Gasteiger charge is -2.37. The zero-order valence-electron chi connectivity index (χ0n) is 73.7. The van der Waals surface area contributed by atoms with Gasteiger partial charge in [0.15, 0.2) is 23.1 Å². The van der Waals surface area contributed by atoms with Gasteiger partial charge in [0.1, 0.15) is 40.1 Å². The highest BCUT2D eigenvalue weighted by atomic mass is 35.5. The average molecular weight is 1690 g/mol. The number of carbonyl (C=O) groups excluding carboxylic acids is 10. The Morgan fingerprint density at radius 1 is 0.542 bits per heavy atom. The number of carbonyl (C=O) groups is 10. The molecule has 1 aliphatic heterocycles. The van der Waals surface area contributed by atoms with Crippen molar-refractivity contribution in [1.29, 1.82) is 0 Å². The topological polar surface area (TPSA) is 305 Å². The monoisotopic (exact) mass is 1690 g/mol. The van der Waals surface area contributed by atoms with Crippen LogP contribution in [0.5, 0.6) is 17.2 Å². The Kier molecular flexibility index (Phi) is 36.3. The molecule has 7 rings (SSSR count). The Labute approximate surface area is 721 Å². The summed E-state index contributed by atoms with van der Waals surface area (Å²) in [6.45, 7) is 33.3. The van der Waals surface area contributed by atoms with Crippen molar-refractivity contribution in [1.82, 2.24) is 26.2 Å². The molecule has 5 amide bonds. The zero-order valence-corrected chi connectivity index (χ0v) is 75.3. The van der Waals surface area contributed by atoms with Crippen molar-refractivity contribution >= 4 is 82.0 Å². The van der Waals surface area contributed by atoms with Crippen LogP contribution in [0.15, 0.2) is 158 Å². The summed E-state index contributed by atoms with van der Waals surface area (Å²) in [6.07, 6.45) is -1.20. The molecule has 6 aromatic carbocycles. The highest BCUT2D eigenvalue weighted by Crippen LogP contribution is 2.49. The van der Waals surface area contributed by atoms with Crippen LogP contribution in [0, 0.1) is 35.5 Å². The molecule has 7 N–H and O–H groups in total. The van der Waals surface area contributed by atoms with Crippen LogP contribution in [-0.4, -0.2) is 146 Å². The number of ketones is 4. The van der Waals surface area contributed by atoms with E-state index in [2.05, 4.69) is 21.3 Å². The van der Waals surface area contributed by atoms with Gasteiger partial charge in [-0.3, -0.25) is 47.9 Å². The summed E-state index contributed by atoms with van der Waals surface area (Å²) in [6, 6.07) is 43.3. The number of nitrogens with two attached hydrogens (primary N) is 1. The maximum Gasteiger partial charge on any atom is 0.306 e. The molecule has 1 aliphatic rings. The minimum atomic E-state index is -1.47. The molecule has 1 heterocycles. The minimum Gasteiger partial charge on any atom is -0.506 e. The number of nitrogens with one attached hydrogen (secondary N) is 4. The van der Waals surface area contributed by atoms with Crippen molar-refractivity contribution in [3.05, 3.63) is 196 Å². The quantitative estimate of drug-likeness (QED) is 0.0153. The number of thioether (sulfide) groups is 1. The van der Waals surface area contributed by atoms with E-state index in [1.807, 2.05) is 224 Å². The second-order valence-electron chi connectivity index (χ2n) is 36.6. The summed E-state index contributed by atoms with van der Waals surface area (Å²) in [5.41, 5.74) is 8.69. The van der Waals surface area contributed by atoms with Crippen LogP contribution < -0.4 is 36.5 Å². The van der Waals surface area contributed by atoms with E-state index in [0.717, 1.165) is 34.2 Å². The molecule has 23 heteroatoms. The number of aromatic hydroxyl groups is 1. The summed E-state index contributed by atoms with van der Waals surface area (Å²) in [5, 5.41) is 22.5. The van der Waals surface area contributed by atoms with Crippen LogP contribution in [0.25, 0.3) is 0 Å². The Morgan fingerprint density at radius 2 is 1.02 bits per heavy atom. The molecule has 0 radical (unpaired) electrons. The highest BCUT2D eigenvalue weighted by molar-refractivity contribution is 8.00. The van der Waals surface area contributed by atoms with Gasteiger partial charge in [-0.25, -0.2) is 0 Å². The predicted molar refractivity (Wildman–Crippen MR) is 473 cm³/mol. The van der Waals surface area contributed by atoms with Crippen LogP contribution in [0.3, 0.4) is 0 Å². The number of hydrogen-bond acceptors (Lipinski definition) is 17. The van der Waals surface area contributed by atoms with Gasteiger partial charge in [-0.1, -0.05) is 174 Å². The molecule has 2 unspecified atom stereocenters. The van der Waals surface area contributed by atoms with Crippen molar-refractivity contribution in [2.75, 3.05) is 18.8 Å². The van der Waals surface area contributed by atoms with E-state index in [1.54, 1.807) is 45.9 Å². The van der Waals surface area contributed by atoms with Gasteiger partial charge in [0.2, 0.25) is 29.5 Å². The minimum absolute atomic E-state index is 0.0241. The van der Waals surface area contributed by atoms with Crippen LogP contribution in [0.4, 0.5) is 0 Å². The van der Waals surface area contributed by atoms with Crippen LogP contribution in [0.1, 0.15) is 222 Å². The van der Waals surface area contributed by atoms with Gasteiger partial charge < -0.3 is 56.0 Å². The summed E-state index contributed by atoms with van der Waals surface area (Å²) in [4.78, 5) is 150. The number of ether oxygens (including phenoxy) is 4. The number of amides is 5. The van der Waals surface area contributed by atoms with Crippen molar-refractivity contribution < 1.29 is 72.0 Å². The molecule has 0 aliphatic carbocycles. The van der Waals surface area contributed by atoms with Crippen molar-refractivity contribution in [2.45, 2.75) is 272 Å². The number of rotatable bonds is 44. The molecule has 0 spiro atoms. The van der Waals surface area contributed by atoms with Crippen LogP contribution >= 0.6 is 23.4 Å². The number of nitrogens with zero attached hydrogens (tertiary/aromatic N) is 1. The molecule has 120 heavy (non-hydrogen) atoms. The summed E-state index contributed by atoms with van der Waals surface area (Å²) in [7, 11) is 0. The summed E-state index contributed by atoms with van der Waals surface area (Å²) < 4.78 is 23.4. The first-order chi connectivity index (χ1) is 56.3. The number of benzene rings is 6. The Bertz CT molecular complexity index is 4290. The van der Waals surface area contributed by atoms with Crippen LogP contribution in [-0.2, 0) is 81.4 Å². The SMILES string of the molecule is CCC(C)[C@@H](C)NC(=O)C(CC(=O)[C@H](CC)NC(=O)[C@@H](CC(=O)CNC(=O)[C@@H](CC(=O)[C@@H]1C[C@@H](OC(C)(C)C)CN1C(=O)[C@H](CSC(c1ccccc1)(c1ccccc1)c1ccccc1)NC(=O)[C@@H](CCC(=O)OC(C)(C)C)CC(=O)[C@@H](N)Cc1ccc(OC(C)(C)C)cc1)Cc1ccc(O)c(Cl)c1)CC(C)C)Cc1ccc(OC(C)(C)C)cc1. The fourth-order valence-electron chi connectivity index (χ4n) is 15.0.